The molecule has 15 aromatic rings. The van der Waals surface area contributed by atoms with Gasteiger partial charge in [-0.2, -0.15) is 0 Å². The van der Waals surface area contributed by atoms with E-state index in [-0.39, 0.29) is 34.5 Å². The predicted molar refractivity (Wildman–Crippen MR) is 447 cm³/mol. The van der Waals surface area contributed by atoms with Crippen LogP contribution >= 0.6 is 0 Å². The first-order chi connectivity index (χ1) is 53.7. The first-order valence-corrected chi connectivity index (χ1v) is 40.8. The van der Waals surface area contributed by atoms with Crippen LogP contribution in [0.3, 0.4) is 0 Å². The van der Waals surface area contributed by atoms with Crippen molar-refractivity contribution in [3.63, 3.8) is 0 Å². The molecule has 0 saturated heterocycles. The van der Waals surface area contributed by atoms with Crippen LogP contribution in [0, 0.1) is 4.32 Å². The number of hydrogen-bond donors (Lipinski definition) is 0. The number of nitrogens with zero attached hydrogens (tertiary/aromatic N) is 2. The topological polar surface area (TPSA) is 9.86 Å². The summed E-state index contributed by atoms with van der Waals surface area (Å²) in [6.45, 7) is 14.7. The molecule has 1 aromatic heterocycles. The number of rotatable bonds is 10. The quantitative estimate of drug-likeness (QED) is 0.121. The normalized spacial score (nSPS) is 22.1. The predicted octanol–water partition coefficient (Wildman–Crippen LogP) is 23.1. The third kappa shape index (κ3) is 8.37. The maximum absolute atomic E-state index is 4.07. The Morgan fingerprint density at radius 1 is 0.236 bits per heavy atom. The van der Waals surface area contributed by atoms with Crippen LogP contribution in [0.5, 0.6) is 0 Å². The van der Waals surface area contributed by atoms with Crippen molar-refractivity contribution in [2.75, 3.05) is 0 Å². The van der Waals surface area contributed by atoms with Crippen LogP contribution in [0.1, 0.15) is 232 Å². The molecule has 0 N–H and O–H groups in total. The average Bonchev–Trinajstić information content (AvgIpc) is 1.55. The van der Waals surface area contributed by atoms with E-state index in [9.17, 15) is 0 Å². The minimum absolute atomic E-state index is 0.141. The molecule has 1 heterocycles. The Kier molecular flexibility index (Phi) is 13.5. The zero-order chi connectivity index (χ0) is 73.5. The van der Waals surface area contributed by atoms with Gasteiger partial charge < -0.3 is 0 Å². The second-order valence-electron chi connectivity index (χ2n) is 35.2. The Bertz CT molecular complexity index is 5340. The Hall–Kier alpha value is -11.2. The number of benzene rings is 14. The van der Waals surface area contributed by atoms with Gasteiger partial charge in [-0.25, -0.2) is 0 Å². The molecule has 2 nitrogen and oxygen atoms in total. The first-order valence-electron chi connectivity index (χ1n) is 40.0. The molecule has 0 radical (unpaired) electrons. The molecule has 8 bridgehead atoms. The fraction of sp³-hybridized carbons (Fsp3) is 0.187. The molecule has 12 aliphatic rings. The molecule has 0 unspecified atom stereocenters. The van der Waals surface area contributed by atoms with Gasteiger partial charge in [-0.05, 0) is 0 Å². The van der Waals surface area contributed by atoms with Gasteiger partial charge >= 0.3 is 659 Å². The van der Waals surface area contributed by atoms with Gasteiger partial charge in [0.15, 0.2) is 0 Å². The van der Waals surface area contributed by atoms with E-state index in [0.717, 1.165) is 30.0 Å². The molecule has 0 saturated carbocycles. The summed E-state index contributed by atoms with van der Waals surface area (Å²) in [5, 5.41) is 0. The van der Waals surface area contributed by atoms with Gasteiger partial charge in [0.1, 0.15) is 0 Å². The summed E-state index contributed by atoms with van der Waals surface area (Å²) in [7, 11) is 0. The van der Waals surface area contributed by atoms with Crippen molar-refractivity contribution in [3.8, 4) is 11.4 Å². The zero-order valence-corrected chi connectivity index (χ0v) is 64.8. The van der Waals surface area contributed by atoms with Crippen LogP contribution in [0.15, 0.2) is 328 Å². The summed E-state index contributed by atoms with van der Waals surface area (Å²) < 4.78 is 6.34. The van der Waals surface area contributed by atoms with Gasteiger partial charge in [0.2, 0.25) is 0 Å². The molecular formula is C107H84N2Se. The maximum atomic E-state index is 4.07. The molecular weight excluding hydrogens is 1390 g/mol. The molecule has 0 amide bonds. The molecule has 27 rings (SSSR count). The summed E-state index contributed by atoms with van der Waals surface area (Å²) in [6, 6.07) is 125. The molecule has 528 valence electrons. The molecule has 14 aromatic carbocycles. The van der Waals surface area contributed by atoms with Gasteiger partial charge in [0.25, 0.3) is 0 Å². The zero-order valence-electron chi connectivity index (χ0n) is 63.1. The number of aromatic nitrogens is 2. The fourth-order valence-electron chi connectivity index (χ4n) is 23.9. The van der Waals surface area contributed by atoms with Crippen LogP contribution in [0.25, 0.3) is 11.4 Å². The van der Waals surface area contributed by atoms with Gasteiger partial charge in [0, 0.05) is 0 Å². The van der Waals surface area contributed by atoms with Crippen molar-refractivity contribution in [1.29, 1.82) is 0 Å². The summed E-state index contributed by atoms with van der Waals surface area (Å²) in [5.74, 6) is 0.566. The van der Waals surface area contributed by atoms with Crippen molar-refractivity contribution < 1.29 is 0 Å². The van der Waals surface area contributed by atoms with E-state index in [1.54, 1.807) is 0 Å². The van der Waals surface area contributed by atoms with E-state index in [0.29, 0.717) is 0 Å². The minimum atomic E-state index is -0.541. The van der Waals surface area contributed by atoms with E-state index in [2.05, 4.69) is 394 Å². The standard InChI is InChI=1S/C107H84N2Se/c1-102(2,3)69-57-65(61-104-83-43-19-7-31-71(83)95(72-32-8-20-44-84(72)104)73-33-9-21-45-85(73)104)99(66(58-69)62-105-86-46-22-10-34-74(86)96(75-35-11-23-47-87(75)105)76-36-12-24-48-88(76)105)108-55-56-109(101(108)110)100-67(63-106-89-49-25-13-37-77(89)97(78-38-14-26-50-90(78)106)79-39-15-27-51-91(79)106)59-70(103(4,5)6)60-68(100)64-107-92-52-28-16-40-80(92)98(81-41-17-29-53-93(81)107)82-42-18-30-54-94(82)107/h7-60,95-98H,61-64H2,1-6H3. The Balaban J connectivity index is 0.843. The Morgan fingerprint density at radius 2 is 0.382 bits per heavy atom. The van der Waals surface area contributed by atoms with Crippen molar-refractivity contribution in [1.82, 2.24) is 9.13 Å². The molecule has 0 aliphatic heterocycles. The number of imidazole rings is 1. The van der Waals surface area contributed by atoms with Crippen molar-refractivity contribution >= 4 is 15.6 Å². The Morgan fingerprint density at radius 3 is 0.527 bits per heavy atom. The Labute approximate surface area is 653 Å². The third-order valence-corrected chi connectivity index (χ3v) is 29.0. The van der Waals surface area contributed by atoms with Gasteiger partial charge in [-0.15, -0.1) is 0 Å². The van der Waals surface area contributed by atoms with Crippen molar-refractivity contribution in [2.45, 2.75) is 123 Å². The van der Waals surface area contributed by atoms with Gasteiger partial charge in [-0.3, -0.25) is 0 Å². The molecule has 0 spiro atoms. The second-order valence-corrected chi connectivity index (χ2v) is 36.0. The monoisotopic (exact) mass is 1480 g/mol. The average molecular weight is 1480 g/mol. The van der Waals surface area contributed by atoms with Crippen LogP contribution < -0.4 is 0 Å². The first kappa shape index (κ1) is 64.8. The van der Waals surface area contributed by atoms with E-state index >= 15 is 0 Å². The van der Waals surface area contributed by atoms with E-state index < -0.39 is 21.7 Å². The fourth-order valence-corrected chi connectivity index (χ4v) is 24.6. The van der Waals surface area contributed by atoms with Crippen LogP contribution in [0.2, 0.25) is 0 Å². The summed E-state index contributed by atoms with van der Waals surface area (Å²) in [4.78, 5) is 0. The van der Waals surface area contributed by atoms with Crippen molar-refractivity contribution in [2.24, 2.45) is 0 Å². The SMILES string of the molecule is CC(C)(C)c1cc(CC23c4ccccc4C(c4ccccc42)c2ccccc23)c(-n2ccn(-c3c(CC45c6ccccc6C(c6ccccc64)c4ccccc45)cc(C(C)(C)C)cc3CC34c5ccccc5C(c5ccccc53)c3ccccc34)c2=[Se])c(CC23c4ccccc4C(c4ccccc42)c2ccccc23)c1. The molecule has 0 fully saturated rings. The summed E-state index contributed by atoms with van der Waals surface area (Å²) in [5.41, 5.74) is 41.8. The van der Waals surface area contributed by atoms with Crippen LogP contribution in [-0.2, 0) is 58.2 Å². The van der Waals surface area contributed by atoms with Gasteiger partial charge in [0.05, 0.1) is 0 Å². The molecule has 3 heteroatoms. The molecule has 12 aliphatic carbocycles. The van der Waals surface area contributed by atoms with Crippen LogP contribution in [-0.4, -0.2) is 24.7 Å². The molecule has 0 atom stereocenters. The summed E-state index contributed by atoms with van der Waals surface area (Å²) in [6.07, 6.45) is 7.87. The van der Waals surface area contributed by atoms with E-state index in [4.69, 9.17) is 0 Å². The second kappa shape index (κ2) is 23.0. The van der Waals surface area contributed by atoms with Crippen molar-refractivity contribution in [3.05, 3.63) is 499 Å². The van der Waals surface area contributed by atoms with E-state index in [1.807, 2.05) is 0 Å². The van der Waals surface area contributed by atoms with Crippen LogP contribution in [0.4, 0.5) is 0 Å². The van der Waals surface area contributed by atoms with Gasteiger partial charge in [-0.1, -0.05) is 0 Å². The molecule has 110 heavy (non-hydrogen) atoms. The number of hydrogen-bond acceptors (Lipinski definition) is 0. The third-order valence-electron chi connectivity index (χ3n) is 28.1. The van der Waals surface area contributed by atoms with E-state index in [1.165, 1.54) is 178 Å². The summed E-state index contributed by atoms with van der Waals surface area (Å²) >= 11 is 4.07.